The van der Waals surface area contributed by atoms with E-state index in [1.807, 2.05) is 0 Å². The van der Waals surface area contributed by atoms with Crippen molar-refractivity contribution in [1.29, 1.82) is 0 Å². The van der Waals surface area contributed by atoms with E-state index in [9.17, 15) is 14.4 Å². The van der Waals surface area contributed by atoms with Gasteiger partial charge in [0, 0.05) is 19.3 Å². The second kappa shape index (κ2) is 68.9. The molecule has 0 aromatic rings. The second-order valence-electron chi connectivity index (χ2n) is 24.1. The summed E-state index contributed by atoms with van der Waals surface area (Å²) in [6.07, 6.45) is 87.3. The molecule has 0 saturated carbocycles. The topological polar surface area (TPSA) is 78.9 Å². The van der Waals surface area contributed by atoms with E-state index in [1.54, 1.807) is 0 Å². The van der Waals surface area contributed by atoms with E-state index in [0.29, 0.717) is 19.3 Å². The number of unbranched alkanes of at least 4 members (excludes halogenated alkanes) is 47. The van der Waals surface area contributed by atoms with Gasteiger partial charge in [-0.3, -0.25) is 14.4 Å². The molecule has 0 N–H and O–H groups in total. The third-order valence-electron chi connectivity index (χ3n) is 16.0. The molecule has 80 heavy (non-hydrogen) atoms. The molecule has 0 aliphatic carbocycles. The lowest BCUT2D eigenvalue weighted by Gasteiger charge is -2.18. The number of hydrogen-bond acceptors (Lipinski definition) is 6. The molecule has 0 aliphatic heterocycles. The van der Waals surface area contributed by atoms with Gasteiger partial charge in [0.1, 0.15) is 13.2 Å². The lowest BCUT2D eigenvalue weighted by atomic mass is 10.0. The zero-order valence-electron chi connectivity index (χ0n) is 53.9. The van der Waals surface area contributed by atoms with E-state index in [1.165, 1.54) is 270 Å². The molecule has 1 unspecified atom stereocenters. The minimum atomic E-state index is -0.778. The molecule has 0 heterocycles. The average Bonchev–Trinajstić information content (AvgIpc) is 3.46. The SMILES string of the molecule is CCCCCC/C=C\CCCCCCCC(=O)OCC(COC(=O)CCCCCCCCCCCCCCCCCCCCCCCCC/C=C\C/C=C\CCCCCCC)OC(=O)CCCCCCC/C=C\CCCCCCC. The molecule has 0 aliphatic rings. The maximum Gasteiger partial charge on any atom is 0.306 e. The van der Waals surface area contributed by atoms with E-state index >= 15 is 0 Å². The Morgan fingerprint density at radius 2 is 0.450 bits per heavy atom. The Bertz CT molecular complexity index is 1380. The summed E-state index contributed by atoms with van der Waals surface area (Å²) >= 11 is 0. The van der Waals surface area contributed by atoms with Gasteiger partial charge >= 0.3 is 17.9 Å². The number of esters is 3. The maximum absolute atomic E-state index is 12.9. The Hall–Kier alpha value is -2.63. The first-order valence-electron chi connectivity index (χ1n) is 35.6. The summed E-state index contributed by atoms with van der Waals surface area (Å²) in [5.74, 6) is -0.870. The van der Waals surface area contributed by atoms with E-state index in [4.69, 9.17) is 14.2 Å². The zero-order chi connectivity index (χ0) is 57.8. The number of carbonyl (C=O) groups is 3. The third kappa shape index (κ3) is 66.2. The van der Waals surface area contributed by atoms with E-state index in [2.05, 4.69) is 69.4 Å². The quantitative estimate of drug-likeness (QED) is 0.0261. The molecule has 0 saturated heterocycles. The molecule has 0 bridgehead atoms. The van der Waals surface area contributed by atoms with Crippen LogP contribution in [0.5, 0.6) is 0 Å². The fourth-order valence-corrected chi connectivity index (χ4v) is 10.6. The van der Waals surface area contributed by atoms with Crippen LogP contribution in [0.3, 0.4) is 0 Å². The molecule has 6 heteroatoms. The molecular weight excluding hydrogens is 985 g/mol. The summed E-state index contributed by atoms with van der Waals surface area (Å²) in [5, 5.41) is 0. The van der Waals surface area contributed by atoms with Crippen LogP contribution in [0.4, 0.5) is 0 Å². The molecule has 0 amide bonds. The van der Waals surface area contributed by atoms with Crippen LogP contribution in [0.15, 0.2) is 48.6 Å². The largest absolute Gasteiger partial charge is 0.462 e. The Balaban J connectivity index is 4.05. The van der Waals surface area contributed by atoms with Gasteiger partial charge < -0.3 is 14.2 Å². The Morgan fingerprint density at radius 1 is 0.250 bits per heavy atom. The average molecular weight is 1120 g/mol. The van der Waals surface area contributed by atoms with Crippen LogP contribution in [0.25, 0.3) is 0 Å². The Morgan fingerprint density at radius 3 is 0.713 bits per heavy atom. The van der Waals surface area contributed by atoms with Crippen molar-refractivity contribution >= 4 is 17.9 Å². The number of allylic oxidation sites excluding steroid dienone is 8. The first kappa shape index (κ1) is 77.4. The van der Waals surface area contributed by atoms with Crippen molar-refractivity contribution in [2.75, 3.05) is 13.2 Å². The molecule has 0 spiro atoms. The van der Waals surface area contributed by atoms with Crippen LogP contribution in [-0.4, -0.2) is 37.2 Å². The predicted octanol–water partition coefficient (Wildman–Crippen LogP) is 24.5. The predicted molar refractivity (Wildman–Crippen MR) is 349 cm³/mol. The standard InChI is InChI=1S/C74H136O6/c1-4-7-10-13-16-19-22-25-27-28-29-30-31-32-33-34-35-36-37-38-39-40-41-42-43-44-45-46-47-50-52-55-58-61-64-67-73(76)79-70-71(69-78-72(75)66-63-60-57-54-51-48-24-21-18-15-12-9-6-3)80-74(77)68-65-62-59-56-53-49-26-23-20-17-14-11-8-5-2/h21-26,28-29,71H,4-20,27,30-70H2,1-3H3/b24-21-,25-22-,26-23-,29-28-. The van der Waals surface area contributed by atoms with Crippen molar-refractivity contribution < 1.29 is 28.6 Å². The second-order valence-corrected chi connectivity index (χ2v) is 24.1. The summed E-state index contributed by atoms with van der Waals surface area (Å²) in [4.78, 5) is 38.3. The van der Waals surface area contributed by atoms with Crippen LogP contribution in [0.2, 0.25) is 0 Å². The molecular formula is C74H136O6. The normalized spacial score (nSPS) is 12.3. The maximum atomic E-state index is 12.9. The summed E-state index contributed by atoms with van der Waals surface area (Å²) in [7, 11) is 0. The van der Waals surface area contributed by atoms with Crippen molar-refractivity contribution in [2.24, 2.45) is 0 Å². The van der Waals surface area contributed by atoms with Gasteiger partial charge in [-0.2, -0.15) is 0 Å². The lowest BCUT2D eigenvalue weighted by molar-refractivity contribution is -0.167. The Labute approximate surface area is 498 Å². The van der Waals surface area contributed by atoms with Gasteiger partial charge in [-0.25, -0.2) is 0 Å². The summed E-state index contributed by atoms with van der Waals surface area (Å²) < 4.78 is 16.9. The van der Waals surface area contributed by atoms with Crippen LogP contribution < -0.4 is 0 Å². The van der Waals surface area contributed by atoms with Crippen LogP contribution in [-0.2, 0) is 28.6 Å². The highest BCUT2D eigenvalue weighted by molar-refractivity contribution is 5.71. The molecule has 0 radical (unpaired) electrons. The van der Waals surface area contributed by atoms with Crippen molar-refractivity contribution in [2.45, 2.75) is 393 Å². The van der Waals surface area contributed by atoms with E-state index in [0.717, 1.165) is 77.0 Å². The molecule has 0 aromatic carbocycles. The minimum Gasteiger partial charge on any atom is -0.462 e. The van der Waals surface area contributed by atoms with Gasteiger partial charge in [0.2, 0.25) is 0 Å². The summed E-state index contributed by atoms with van der Waals surface area (Å²) in [5.41, 5.74) is 0. The fourth-order valence-electron chi connectivity index (χ4n) is 10.6. The zero-order valence-corrected chi connectivity index (χ0v) is 53.9. The number of carbonyl (C=O) groups excluding carboxylic acids is 3. The van der Waals surface area contributed by atoms with Crippen LogP contribution in [0, 0.1) is 0 Å². The first-order valence-corrected chi connectivity index (χ1v) is 35.6. The van der Waals surface area contributed by atoms with E-state index < -0.39 is 6.10 Å². The molecule has 0 aromatic heterocycles. The van der Waals surface area contributed by atoms with Gasteiger partial charge in [-0.15, -0.1) is 0 Å². The van der Waals surface area contributed by atoms with Gasteiger partial charge in [0.15, 0.2) is 6.10 Å². The lowest BCUT2D eigenvalue weighted by Crippen LogP contribution is -2.30. The van der Waals surface area contributed by atoms with Gasteiger partial charge in [-0.1, -0.05) is 313 Å². The molecule has 6 nitrogen and oxygen atoms in total. The van der Waals surface area contributed by atoms with Gasteiger partial charge in [-0.05, 0) is 103 Å². The third-order valence-corrected chi connectivity index (χ3v) is 16.0. The number of hydrogen-bond donors (Lipinski definition) is 0. The molecule has 1 atom stereocenters. The minimum absolute atomic E-state index is 0.0745. The highest BCUT2D eigenvalue weighted by Crippen LogP contribution is 2.18. The summed E-state index contributed by atoms with van der Waals surface area (Å²) in [6.45, 7) is 6.64. The highest BCUT2D eigenvalue weighted by Gasteiger charge is 2.19. The fraction of sp³-hybridized carbons (Fsp3) is 0.851. The molecule has 0 fully saturated rings. The smallest absolute Gasteiger partial charge is 0.306 e. The van der Waals surface area contributed by atoms with Crippen molar-refractivity contribution in [3.8, 4) is 0 Å². The van der Waals surface area contributed by atoms with Crippen LogP contribution in [0.1, 0.15) is 387 Å². The monoisotopic (exact) mass is 1120 g/mol. The van der Waals surface area contributed by atoms with Gasteiger partial charge in [0.25, 0.3) is 0 Å². The van der Waals surface area contributed by atoms with E-state index in [-0.39, 0.29) is 31.1 Å². The highest BCUT2D eigenvalue weighted by atomic mass is 16.6. The van der Waals surface area contributed by atoms with Crippen molar-refractivity contribution in [3.05, 3.63) is 48.6 Å². The van der Waals surface area contributed by atoms with Crippen molar-refractivity contribution in [1.82, 2.24) is 0 Å². The van der Waals surface area contributed by atoms with Gasteiger partial charge in [0.05, 0.1) is 0 Å². The summed E-state index contributed by atoms with van der Waals surface area (Å²) in [6, 6.07) is 0. The Kier molecular flexibility index (Phi) is 66.6. The molecule has 0 rings (SSSR count). The molecule has 468 valence electrons. The van der Waals surface area contributed by atoms with Crippen molar-refractivity contribution in [3.63, 3.8) is 0 Å². The number of rotatable bonds is 66. The first-order chi connectivity index (χ1) is 39.5. The van der Waals surface area contributed by atoms with Crippen LogP contribution >= 0.6 is 0 Å². The number of ether oxygens (including phenoxy) is 3.